The molecule has 0 bridgehead atoms. The molecule has 88 valence electrons. The molecule has 1 amide bonds. The molecule has 2 nitrogen and oxygen atoms in total. The zero-order chi connectivity index (χ0) is 12.0. The van der Waals surface area contributed by atoms with Crippen LogP contribution >= 0.6 is 15.9 Å². The fourth-order valence-electron chi connectivity index (χ4n) is 1.43. The minimum Gasteiger partial charge on any atom is -0.352 e. The van der Waals surface area contributed by atoms with E-state index < -0.39 is 0 Å². The van der Waals surface area contributed by atoms with Crippen molar-refractivity contribution in [3.63, 3.8) is 0 Å². The lowest BCUT2D eigenvalue weighted by atomic mass is 10.1. The molecule has 16 heavy (non-hydrogen) atoms. The summed E-state index contributed by atoms with van der Waals surface area (Å²) < 4.78 is 0. The molecule has 0 saturated carbocycles. The van der Waals surface area contributed by atoms with Gasteiger partial charge in [0.05, 0.1) is 0 Å². The first-order valence-corrected chi connectivity index (χ1v) is 6.69. The van der Waals surface area contributed by atoms with Gasteiger partial charge in [-0.2, -0.15) is 0 Å². The maximum Gasteiger partial charge on any atom is 0.251 e. The predicted molar refractivity (Wildman–Crippen MR) is 70.9 cm³/mol. The summed E-state index contributed by atoms with van der Waals surface area (Å²) in [6, 6.07) is 7.67. The molecule has 0 aromatic heterocycles. The highest BCUT2D eigenvalue weighted by atomic mass is 79.9. The van der Waals surface area contributed by atoms with Gasteiger partial charge in [0.25, 0.3) is 5.91 Å². The van der Waals surface area contributed by atoms with Crippen molar-refractivity contribution < 1.29 is 4.79 Å². The van der Waals surface area contributed by atoms with E-state index in [2.05, 4.69) is 35.1 Å². The van der Waals surface area contributed by atoms with Crippen molar-refractivity contribution in [2.45, 2.75) is 25.6 Å². The van der Waals surface area contributed by atoms with Crippen LogP contribution in [0.3, 0.4) is 0 Å². The molecule has 0 fully saturated rings. The molecule has 3 heteroatoms. The first kappa shape index (κ1) is 13.2. The monoisotopic (exact) mass is 283 g/mol. The van der Waals surface area contributed by atoms with Crippen molar-refractivity contribution in [2.24, 2.45) is 5.92 Å². The van der Waals surface area contributed by atoms with E-state index >= 15 is 0 Å². The van der Waals surface area contributed by atoms with Gasteiger partial charge in [0, 0.05) is 17.4 Å². The van der Waals surface area contributed by atoms with Gasteiger partial charge in [-0.3, -0.25) is 4.79 Å². The minimum atomic E-state index is 0.0238. The zero-order valence-corrected chi connectivity index (χ0v) is 11.4. The van der Waals surface area contributed by atoms with E-state index in [1.54, 1.807) is 0 Å². The molecule has 0 atom stereocenters. The van der Waals surface area contributed by atoms with E-state index in [1.165, 1.54) is 0 Å². The lowest BCUT2D eigenvalue weighted by Gasteiger charge is -2.09. The molecular formula is C13H18BrNO. The Bertz CT molecular complexity index is 350. The van der Waals surface area contributed by atoms with Crippen LogP contribution in [0.4, 0.5) is 0 Å². The number of carbonyl (C=O) groups excluding carboxylic acids is 1. The van der Waals surface area contributed by atoms with Gasteiger partial charge >= 0.3 is 0 Å². The number of halogens is 1. The van der Waals surface area contributed by atoms with Crippen LogP contribution in [0.2, 0.25) is 0 Å². The Morgan fingerprint density at radius 1 is 1.38 bits per heavy atom. The summed E-state index contributed by atoms with van der Waals surface area (Å²) in [6.07, 6.45) is 1.02. The van der Waals surface area contributed by atoms with Crippen LogP contribution < -0.4 is 5.32 Å². The second-order valence-electron chi connectivity index (χ2n) is 4.23. The number of benzene rings is 1. The van der Waals surface area contributed by atoms with E-state index in [0.717, 1.165) is 24.1 Å². The van der Waals surface area contributed by atoms with Crippen LogP contribution in [0.15, 0.2) is 24.3 Å². The first-order valence-electron chi connectivity index (χ1n) is 5.57. The van der Waals surface area contributed by atoms with Crippen molar-refractivity contribution in [2.75, 3.05) is 6.54 Å². The highest BCUT2D eigenvalue weighted by molar-refractivity contribution is 9.08. The van der Waals surface area contributed by atoms with E-state index in [-0.39, 0.29) is 5.91 Å². The Hall–Kier alpha value is -0.830. The van der Waals surface area contributed by atoms with E-state index in [0.29, 0.717) is 11.2 Å². The Labute approximate surface area is 106 Å². The second kappa shape index (κ2) is 6.69. The van der Waals surface area contributed by atoms with Gasteiger partial charge < -0.3 is 5.32 Å². The molecular weight excluding hydrogens is 266 g/mol. The third kappa shape index (κ3) is 3.97. The van der Waals surface area contributed by atoms with Crippen LogP contribution in [0, 0.1) is 5.92 Å². The maximum atomic E-state index is 11.9. The Morgan fingerprint density at radius 3 is 2.69 bits per heavy atom. The lowest BCUT2D eigenvalue weighted by Crippen LogP contribution is -2.26. The second-order valence-corrected chi connectivity index (χ2v) is 4.79. The third-order valence-electron chi connectivity index (χ3n) is 2.41. The first-order chi connectivity index (χ1) is 7.65. The molecule has 0 spiro atoms. The van der Waals surface area contributed by atoms with Gasteiger partial charge in [0.2, 0.25) is 0 Å². The number of carbonyl (C=O) groups is 1. The van der Waals surface area contributed by atoms with E-state index in [9.17, 15) is 4.79 Å². The molecule has 1 rings (SSSR count). The van der Waals surface area contributed by atoms with Crippen molar-refractivity contribution in [3.05, 3.63) is 35.4 Å². The van der Waals surface area contributed by atoms with Crippen LogP contribution in [0.5, 0.6) is 0 Å². The molecule has 1 N–H and O–H groups in total. The Balaban J connectivity index is 2.59. The Morgan fingerprint density at radius 2 is 2.06 bits per heavy atom. The van der Waals surface area contributed by atoms with Gasteiger partial charge in [-0.05, 0) is 24.0 Å². The summed E-state index contributed by atoms with van der Waals surface area (Å²) >= 11 is 3.39. The van der Waals surface area contributed by atoms with Crippen LogP contribution in [-0.4, -0.2) is 12.5 Å². The lowest BCUT2D eigenvalue weighted by molar-refractivity contribution is 0.0951. The van der Waals surface area contributed by atoms with Gasteiger partial charge in [-0.1, -0.05) is 48.0 Å². The van der Waals surface area contributed by atoms with Crippen molar-refractivity contribution >= 4 is 21.8 Å². The highest BCUT2D eigenvalue weighted by Gasteiger charge is 2.09. The smallest absolute Gasteiger partial charge is 0.251 e. The van der Waals surface area contributed by atoms with Crippen molar-refractivity contribution in [1.82, 2.24) is 5.32 Å². The summed E-state index contributed by atoms with van der Waals surface area (Å²) in [7, 11) is 0. The molecule has 0 aliphatic heterocycles. The van der Waals surface area contributed by atoms with Crippen LogP contribution in [0.1, 0.15) is 36.2 Å². The van der Waals surface area contributed by atoms with Crippen LogP contribution in [0.25, 0.3) is 0 Å². The number of nitrogens with one attached hydrogen (secondary N) is 1. The summed E-state index contributed by atoms with van der Waals surface area (Å²) in [4.78, 5) is 11.9. The average Bonchev–Trinajstić information content (AvgIpc) is 2.28. The molecule has 0 saturated heterocycles. The SMILES string of the molecule is CC(C)CCNC(=O)c1ccccc1CBr. The molecule has 1 aromatic rings. The summed E-state index contributed by atoms with van der Waals surface area (Å²) in [5, 5.41) is 3.65. The molecule has 0 aliphatic carbocycles. The summed E-state index contributed by atoms with van der Waals surface area (Å²) in [6.45, 7) is 5.05. The standard InChI is InChI=1S/C13H18BrNO/c1-10(2)7-8-15-13(16)12-6-4-3-5-11(12)9-14/h3-6,10H,7-9H2,1-2H3,(H,15,16). The number of amides is 1. The van der Waals surface area contributed by atoms with Crippen molar-refractivity contribution in [1.29, 1.82) is 0 Å². The molecule has 1 aromatic carbocycles. The number of rotatable bonds is 5. The predicted octanol–water partition coefficient (Wildman–Crippen LogP) is 3.36. The zero-order valence-electron chi connectivity index (χ0n) is 9.79. The maximum absolute atomic E-state index is 11.9. The average molecular weight is 284 g/mol. The Kier molecular flexibility index (Phi) is 5.53. The fourth-order valence-corrected chi connectivity index (χ4v) is 1.92. The summed E-state index contributed by atoms with van der Waals surface area (Å²) in [5.74, 6) is 0.641. The highest BCUT2D eigenvalue weighted by Crippen LogP contribution is 2.12. The van der Waals surface area contributed by atoms with Crippen LogP contribution in [-0.2, 0) is 5.33 Å². The van der Waals surface area contributed by atoms with Crippen molar-refractivity contribution in [3.8, 4) is 0 Å². The number of hydrogen-bond acceptors (Lipinski definition) is 1. The minimum absolute atomic E-state index is 0.0238. The molecule has 0 radical (unpaired) electrons. The number of alkyl halides is 1. The largest absolute Gasteiger partial charge is 0.352 e. The van der Waals surface area contributed by atoms with Gasteiger partial charge in [-0.15, -0.1) is 0 Å². The normalized spacial score (nSPS) is 10.5. The molecule has 0 aliphatic rings. The van der Waals surface area contributed by atoms with Gasteiger partial charge in [0.15, 0.2) is 0 Å². The van der Waals surface area contributed by atoms with Gasteiger partial charge in [-0.25, -0.2) is 0 Å². The summed E-state index contributed by atoms with van der Waals surface area (Å²) in [5.41, 5.74) is 1.80. The third-order valence-corrected chi connectivity index (χ3v) is 3.02. The van der Waals surface area contributed by atoms with E-state index in [4.69, 9.17) is 0 Å². The topological polar surface area (TPSA) is 29.1 Å². The van der Waals surface area contributed by atoms with E-state index in [1.807, 2.05) is 24.3 Å². The van der Waals surface area contributed by atoms with Gasteiger partial charge in [0.1, 0.15) is 0 Å². The fraction of sp³-hybridized carbons (Fsp3) is 0.462. The molecule has 0 unspecified atom stereocenters. The quantitative estimate of drug-likeness (QED) is 0.825. The number of hydrogen-bond donors (Lipinski definition) is 1. The molecule has 0 heterocycles.